The number of hydrogen-bond acceptors (Lipinski definition) is 5. The van der Waals surface area contributed by atoms with E-state index in [1.807, 2.05) is 0 Å². The number of carbonyl (C=O) groups excluding carboxylic acids is 1. The van der Waals surface area contributed by atoms with Crippen LogP contribution in [0.2, 0.25) is 0 Å². The lowest BCUT2D eigenvalue weighted by Crippen LogP contribution is -2.59. The van der Waals surface area contributed by atoms with Gasteiger partial charge >= 0.3 is 5.97 Å². The van der Waals surface area contributed by atoms with Crippen LogP contribution in [0, 0.1) is 46.3 Å². The molecule has 2 N–H and O–H groups in total. The third-order valence-corrected chi connectivity index (χ3v) is 11.5. The summed E-state index contributed by atoms with van der Waals surface area (Å²) in [7, 11) is 5.77. The highest BCUT2D eigenvalue weighted by atomic mass is 16.5. The molecule has 4 fully saturated rings. The molecular formula is C29H52N2O3. The van der Waals surface area contributed by atoms with Gasteiger partial charge in [-0.3, -0.25) is 4.79 Å². The van der Waals surface area contributed by atoms with Crippen molar-refractivity contribution in [1.82, 2.24) is 10.2 Å². The zero-order valence-electron chi connectivity index (χ0n) is 22.8. The van der Waals surface area contributed by atoms with E-state index in [2.05, 4.69) is 45.1 Å². The lowest BCUT2D eigenvalue weighted by atomic mass is 9.43. The highest BCUT2D eigenvalue weighted by Gasteiger charge is 2.62. The van der Waals surface area contributed by atoms with Gasteiger partial charge in [0.15, 0.2) is 0 Å². The Morgan fingerprint density at radius 3 is 2.50 bits per heavy atom. The van der Waals surface area contributed by atoms with Crippen LogP contribution in [-0.4, -0.2) is 62.4 Å². The predicted octanol–water partition coefficient (Wildman–Crippen LogP) is 4.73. The minimum Gasteiger partial charge on any atom is -0.469 e. The van der Waals surface area contributed by atoms with E-state index in [1.165, 1.54) is 52.1 Å². The first kappa shape index (κ1) is 26.4. The number of ether oxygens (including phenoxy) is 1. The lowest BCUT2D eigenvalue weighted by molar-refractivity contribution is -0.167. The van der Waals surface area contributed by atoms with Gasteiger partial charge in [0, 0.05) is 25.6 Å². The van der Waals surface area contributed by atoms with Crippen molar-refractivity contribution < 1.29 is 14.6 Å². The normalized spacial score (nSPS) is 44.8. The van der Waals surface area contributed by atoms with Gasteiger partial charge in [0.2, 0.25) is 0 Å². The number of rotatable bonds is 8. The van der Waals surface area contributed by atoms with Gasteiger partial charge < -0.3 is 20.1 Å². The van der Waals surface area contributed by atoms with E-state index in [4.69, 9.17) is 4.74 Å². The van der Waals surface area contributed by atoms with Gasteiger partial charge in [0.05, 0.1) is 13.2 Å². The van der Waals surface area contributed by atoms with Crippen LogP contribution in [0.3, 0.4) is 0 Å². The quantitative estimate of drug-likeness (QED) is 0.496. The van der Waals surface area contributed by atoms with Crippen molar-refractivity contribution in [3.8, 4) is 0 Å². The number of fused-ring (bicyclic) bond motifs is 5. The third-order valence-electron chi connectivity index (χ3n) is 11.5. The fourth-order valence-corrected chi connectivity index (χ4v) is 9.52. The topological polar surface area (TPSA) is 61.8 Å². The Morgan fingerprint density at radius 2 is 1.79 bits per heavy atom. The van der Waals surface area contributed by atoms with Crippen molar-refractivity contribution in [1.29, 1.82) is 0 Å². The monoisotopic (exact) mass is 476 g/mol. The molecule has 0 saturated heterocycles. The first-order valence-corrected chi connectivity index (χ1v) is 14.2. The Morgan fingerprint density at radius 1 is 1.09 bits per heavy atom. The number of hydrogen-bond donors (Lipinski definition) is 2. The fraction of sp³-hybridized carbons (Fsp3) is 0.966. The molecule has 0 aromatic rings. The van der Waals surface area contributed by atoms with Crippen molar-refractivity contribution in [2.75, 3.05) is 34.3 Å². The highest BCUT2D eigenvalue weighted by molar-refractivity contribution is 5.69. The number of nitrogens with one attached hydrogen (secondary N) is 1. The molecule has 5 nitrogen and oxygen atoms in total. The number of nitrogens with zero attached hydrogens (tertiary/aromatic N) is 1. The van der Waals surface area contributed by atoms with Crippen molar-refractivity contribution in [2.45, 2.75) is 97.1 Å². The van der Waals surface area contributed by atoms with E-state index < -0.39 is 0 Å². The molecule has 0 spiro atoms. The summed E-state index contributed by atoms with van der Waals surface area (Å²) < 4.78 is 4.90. The fourth-order valence-electron chi connectivity index (χ4n) is 9.52. The maximum atomic E-state index is 11.7. The summed E-state index contributed by atoms with van der Waals surface area (Å²) >= 11 is 0. The average molecular weight is 477 g/mol. The van der Waals surface area contributed by atoms with E-state index in [-0.39, 0.29) is 12.1 Å². The second-order valence-electron chi connectivity index (χ2n) is 13.3. The molecule has 196 valence electrons. The molecule has 0 bridgehead atoms. The van der Waals surface area contributed by atoms with E-state index >= 15 is 0 Å². The summed E-state index contributed by atoms with van der Waals surface area (Å²) in [6.07, 6.45) is 11.3. The number of carbonyl (C=O) groups is 1. The largest absolute Gasteiger partial charge is 0.469 e. The van der Waals surface area contributed by atoms with Crippen molar-refractivity contribution in [3.63, 3.8) is 0 Å². The maximum Gasteiger partial charge on any atom is 0.305 e. The van der Waals surface area contributed by atoms with Crippen molar-refractivity contribution in [2.24, 2.45) is 46.3 Å². The smallest absolute Gasteiger partial charge is 0.305 e. The summed E-state index contributed by atoms with van der Waals surface area (Å²) in [6.45, 7) is 9.63. The van der Waals surface area contributed by atoms with E-state index in [1.54, 1.807) is 0 Å². The van der Waals surface area contributed by atoms with Crippen molar-refractivity contribution >= 4 is 5.97 Å². The standard InChI is InChI=1S/C29H52N2O3/c1-19(7-10-26(33)34-6)22-8-9-23-27-24(12-14-29(22,23)3)28(2)13-11-21(30-15-16-31(4)5)17-20(28)18-25(27)32/h19-25,27,30,32H,7-18H2,1-6H3/t19-,20+,21?,22-,23?,24?,25?,27?,28+,29-/m1/s1. The summed E-state index contributed by atoms with van der Waals surface area (Å²) in [5, 5.41) is 15.4. The van der Waals surface area contributed by atoms with Crippen LogP contribution in [0.5, 0.6) is 0 Å². The Bertz CT molecular complexity index is 713. The minimum absolute atomic E-state index is 0.0799. The average Bonchev–Trinajstić information content (AvgIpc) is 3.15. The zero-order valence-corrected chi connectivity index (χ0v) is 22.8. The Kier molecular flexibility index (Phi) is 8.06. The van der Waals surface area contributed by atoms with Gasteiger partial charge in [-0.25, -0.2) is 0 Å². The molecule has 4 aliphatic rings. The predicted molar refractivity (Wildman–Crippen MR) is 137 cm³/mol. The Labute approximate surface area is 208 Å². The lowest BCUT2D eigenvalue weighted by Gasteiger charge is -2.62. The van der Waals surface area contributed by atoms with Gasteiger partial charge in [0.1, 0.15) is 0 Å². The molecule has 0 heterocycles. The molecule has 0 aliphatic heterocycles. The zero-order chi connectivity index (χ0) is 24.7. The second kappa shape index (κ2) is 10.4. The number of aliphatic hydroxyl groups excluding tert-OH is 1. The van der Waals surface area contributed by atoms with Crippen LogP contribution in [0.4, 0.5) is 0 Å². The molecule has 0 aromatic heterocycles. The van der Waals surface area contributed by atoms with Crippen LogP contribution in [0.25, 0.3) is 0 Å². The highest BCUT2D eigenvalue weighted by Crippen LogP contribution is 2.68. The van der Waals surface area contributed by atoms with Gasteiger partial charge in [0.25, 0.3) is 0 Å². The van der Waals surface area contributed by atoms with Crippen molar-refractivity contribution in [3.05, 3.63) is 0 Å². The van der Waals surface area contributed by atoms with E-state index in [0.29, 0.717) is 58.8 Å². The Balaban J connectivity index is 1.43. The van der Waals surface area contributed by atoms with Crippen LogP contribution in [0.15, 0.2) is 0 Å². The Hall–Kier alpha value is -0.650. The molecule has 5 heteroatoms. The second-order valence-corrected chi connectivity index (χ2v) is 13.3. The molecule has 5 unspecified atom stereocenters. The first-order valence-electron chi connectivity index (χ1n) is 14.2. The van der Waals surface area contributed by atoms with Gasteiger partial charge in [-0.05, 0) is 118 Å². The summed E-state index contributed by atoms with van der Waals surface area (Å²) in [5.74, 6) is 3.55. The molecule has 34 heavy (non-hydrogen) atoms. The van der Waals surface area contributed by atoms with Gasteiger partial charge in [-0.2, -0.15) is 0 Å². The third kappa shape index (κ3) is 4.83. The summed E-state index contributed by atoms with van der Waals surface area (Å²) in [4.78, 5) is 14.0. The molecule has 4 rings (SSSR count). The number of aliphatic hydroxyl groups is 1. The first-order chi connectivity index (χ1) is 16.1. The molecule has 4 saturated carbocycles. The molecule has 10 atom stereocenters. The molecule has 0 radical (unpaired) electrons. The van der Waals surface area contributed by atoms with E-state index in [0.717, 1.165) is 25.9 Å². The molecule has 4 aliphatic carbocycles. The van der Waals surface area contributed by atoms with Gasteiger partial charge in [-0.1, -0.05) is 20.8 Å². The number of likely N-dealkylation sites (N-methyl/N-ethyl adjacent to an activating group) is 1. The van der Waals surface area contributed by atoms with E-state index in [9.17, 15) is 9.90 Å². The van der Waals surface area contributed by atoms with Crippen LogP contribution in [-0.2, 0) is 9.53 Å². The molecule has 0 aromatic carbocycles. The number of esters is 1. The van der Waals surface area contributed by atoms with Crippen LogP contribution < -0.4 is 5.32 Å². The maximum absolute atomic E-state index is 11.7. The number of methoxy groups -OCH3 is 1. The van der Waals surface area contributed by atoms with Crippen LogP contribution >= 0.6 is 0 Å². The molecule has 0 amide bonds. The minimum atomic E-state index is -0.141. The van der Waals surface area contributed by atoms with Crippen LogP contribution in [0.1, 0.15) is 85.0 Å². The molecular weight excluding hydrogens is 424 g/mol. The summed E-state index contributed by atoms with van der Waals surface area (Å²) in [5.41, 5.74) is 0.700. The SMILES string of the molecule is COC(=O)CC[C@@H](C)[C@H]1CCC2C3C(O)C[C@@H]4CC(NCCN(C)C)CC[C@]4(C)C3CC[C@@]21C. The van der Waals surface area contributed by atoms with Gasteiger partial charge in [-0.15, -0.1) is 0 Å². The summed E-state index contributed by atoms with van der Waals surface area (Å²) in [6, 6.07) is 0.613.